The lowest BCUT2D eigenvalue weighted by Crippen LogP contribution is -2.50. The van der Waals surface area contributed by atoms with Crippen molar-refractivity contribution in [3.05, 3.63) is 95.6 Å². The Kier molecular flexibility index (Phi) is 7.84. The Morgan fingerprint density at radius 2 is 1.22 bits per heavy atom. The van der Waals surface area contributed by atoms with E-state index in [1.807, 2.05) is 13.8 Å². The van der Waals surface area contributed by atoms with E-state index in [0.717, 1.165) is 19.7 Å². The lowest BCUT2D eigenvalue weighted by Gasteiger charge is -2.34. The molecule has 1 saturated heterocycles. The molecule has 1 heterocycles. The van der Waals surface area contributed by atoms with Gasteiger partial charge in [0.2, 0.25) is 20.0 Å². The summed E-state index contributed by atoms with van der Waals surface area (Å²) in [5.41, 5.74) is 2.23. The molecule has 196 valence electrons. The van der Waals surface area contributed by atoms with E-state index in [-0.39, 0.29) is 29.5 Å². The molecule has 4 rings (SSSR count). The van der Waals surface area contributed by atoms with Crippen molar-refractivity contribution < 1.29 is 26.4 Å². The third-order valence-electron chi connectivity index (χ3n) is 6.38. The van der Waals surface area contributed by atoms with Gasteiger partial charge in [0.05, 0.1) is 16.4 Å². The van der Waals surface area contributed by atoms with Crippen molar-refractivity contribution >= 4 is 26.0 Å². The predicted molar refractivity (Wildman–Crippen MR) is 140 cm³/mol. The van der Waals surface area contributed by atoms with Crippen molar-refractivity contribution in [2.24, 2.45) is 0 Å². The molecule has 3 aromatic rings. The molecular formula is C27H30N2O6S2. The molecule has 0 bridgehead atoms. The number of nitrogens with zero attached hydrogens (tertiary/aromatic N) is 2. The van der Waals surface area contributed by atoms with E-state index in [4.69, 9.17) is 4.74 Å². The Labute approximate surface area is 218 Å². The molecule has 0 saturated carbocycles. The van der Waals surface area contributed by atoms with Crippen LogP contribution in [0.5, 0.6) is 0 Å². The lowest BCUT2D eigenvalue weighted by molar-refractivity contribution is -0.146. The number of sulfonamides is 2. The number of esters is 1. The van der Waals surface area contributed by atoms with Gasteiger partial charge < -0.3 is 4.74 Å². The molecule has 1 fully saturated rings. The maximum atomic E-state index is 13.9. The first-order chi connectivity index (χ1) is 17.6. The van der Waals surface area contributed by atoms with Crippen molar-refractivity contribution in [3.8, 4) is 0 Å². The first-order valence-corrected chi connectivity index (χ1v) is 14.8. The van der Waals surface area contributed by atoms with Crippen molar-refractivity contribution in [3.63, 3.8) is 0 Å². The van der Waals surface area contributed by atoms with Gasteiger partial charge in [-0.25, -0.2) is 16.8 Å². The molecule has 1 atom stereocenters. The SMILES string of the molecule is CCOC(=O)[C@@H](c1ccccc1)C1N(S(=O)(=O)c2ccc(C)cc2)CCN1S(=O)(=O)c1ccc(C)cc1. The number of hydrogen-bond acceptors (Lipinski definition) is 6. The van der Waals surface area contributed by atoms with Gasteiger partial charge in [-0.3, -0.25) is 4.79 Å². The molecule has 0 N–H and O–H groups in total. The quantitative estimate of drug-likeness (QED) is 0.403. The number of carbonyl (C=O) groups is 1. The van der Waals surface area contributed by atoms with E-state index >= 15 is 0 Å². The fraction of sp³-hybridized carbons (Fsp3) is 0.296. The van der Waals surface area contributed by atoms with E-state index < -0.39 is 38.1 Å². The second kappa shape index (κ2) is 10.7. The Bertz CT molecular complexity index is 1370. The summed E-state index contributed by atoms with van der Waals surface area (Å²) >= 11 is 0. The van der Waals surface area contributed by atoms with Gasteiger partial charge in [-0.2, -0.15) is 8.61 Å². The Morgan fingerprint density at radius 1 is 0.784 bits per heavy atom. The number of ether oxygens (including phenoxy) is 1. The van der Waals surface area contributed by atoms with E-state index in [2.05, 4.69) is 0 Å². The first kappa shape index (κ1) is 27.0. The average molecular weight is 543 g/mol. The van der Waals surface area contributed by atoms with E-state index in [9.17, 15) is 21.6 Å². The highest BCUT2D eigenvalue weighted by Crippen LogP contribution is 2.38. The molecular weight excluding hydrogens is 512 g/mol. The summed E-state index contributed by atoms with van der Waals surface area (Å²) in [6, 6.07) is 21.2. The molecule has 0 amide bonds. The van der Waals surface area contributed by atoms with Crippen LogP contribution in [0.25, 0.3) is 0 Å². The second-order valence-electron chi connectivity index (χ2n) is 8.91. The molecule has 0 unspecified atom stereocenters. The maximum absolute atomic E-state index is 13.9. The summed E-state index contributed by atoms with van der Waals surface area (Å²) in [5.74, 6) is -1.90. The summed E-state index contributed by atoms with van der Waals surface area (Å²) in [6.45, 7) is 5.16. The fourth-order valence-electron chi connectivity index (χ4n) is 4.48. The van der Waals surface area contributed by atoms with Crippen LogP contribution in [0.15, 0.2) is 88.7 Å². The monoisotopic (exact) mass is 542 g/mol. The minimum Gasteiger partial charge on any atom is -0.465 e. The van der Waals surface area contributed by atoms with Crippen LogP contribution < -0.4 is 0 Å². The molecule has 1 aliphatic rings. The third kappa shape index (κ3) is 5.33. The molecule has 10 heteroatoms. The van der Waals surface area contributed by atoms with Gasteiger partial charge in [0.25, 0.3) is 0 Å². The van der Waals surface area contributed by atoms with Crippen molar-refractivity contribution in [2.45, 2.75) is 42.6 Å². The zero-order valence-corrected chi connectivity index (χ0v) is 22.6. The number of rotatable bonds is 8. The second-order valence-corrected chi connectivity index (χ2v) is 12.7. The van der Waals surface area contributed by atoms with Crippen LogP contribution >= 0.6 is 0 Å². The number of hydrogen-bond donors (Lipinski definition) is 0. The zero-order valence-electron chi connectivity index (χ0n) is 20.9. The van der Waals surface area contributed by atoms with Crippen LogP contribution in [0.3, 0.4) is 0 Å². The molecule has 0 spiro atoms. The minimum absolute atomic E-state index is 0.0216. The zero-order chi connectivity index (χ0) is 26.8. The topological polar surface area (TPSA) is 101 Å². The van der Waals surface area contributed by atoms with Crippen LogP contribution in [0.2, 0.25) is 0 Å². The molecule has 0 radical (unpaired) electrons. The van der Waals surface area contributed by atoms with E-state index in [1.54, 1.807) is 61.5 Å². The standard InChI is InChI=1S/C27H30N2O6S2/c1-4-35-27(30)25(22-8-6-5-7-9-22)26-28(36(31,32)23-14-10-20(2)11-15-23)18-19-29(26)37(33,34)24-16-12-21(3)13-17-24/h5-17,25-26H,4,18-19H2,1-3H3/t25-/m0/s1. The Morgan fingerprint density at radius 3 is 1.62 bits per heavy atom. The summed E-state index contributed by atoms with van der Waals surface area (Å²) in [4.78, 5) is 13.4. The van der Waals surface area contributed by atoms with Gasteiger partial charge >= 0.3 is 5.97 Å². The highest BCUT2D eigenvalue weighted by Gasteiger charge is 2.52. The third-order valence-corrected chi connectivity index (χ3v) is 10.2. The first-order valence-electron chi connectivity index (χ1n) is 12.0. The smallest absolute Gasteiger partial charge is 0.316 e. The molecule has 37 heavy (non-hydrogen) atoms. The van der Waals surface area contributed by atoms with Crippen LogP contribution in [-0.2, 0) is 29.6 Å². The fourth-order valence-corrected chi connectivity index (χ4v) is 7.72. The molecule has 1 aliphatic heterocycles. The molecule has 0 aromatic heterocycles. The summed E-state index contributed by atoms with van der Waals surface area (Å²) in [6.07, 6.45) is -1.36. The van der Waals surface area contributed by atoms with Crippen molar-refractivity contribution in [1.29, 1.82) is 0 Å². The molecule has 8 nitrogen and oxygen atoms in total. The van der Waals surface area contributed by atoms with E-state index in [1.165, 1.54) is 24.3 Å². The molecule has 3 aromatic carbocycles. The number of benzene rings is 3. The Hall–Kier alpha value is -3.05. The summed E-state index contributed by atoms with van der Waals surface area (Å²) < 4.78 is 63.1. The van der Waals surface area contributed by atoms with Crippen LogP contribution in [0.4, 0.5) is 0 Å². The van der Waals surface area contributed by atoms with E-state index in [0.29, 0.717) is 5.56 Å². The highest BCUT2D eigenvalue weighted by atomic mass is 32.2. The van der Waals surface area contributed by atoms with Crippen LogP contribution in [-0.4, -0.2) is 57.3 Å². The average Bonchev–Trinajstić information content (AvgIpc) is 3.32. The Balaban J connectivity index is 1.90. The highest BCUT2D eigenvalue weighted by molar-refractivity contribution is 7.90. The minimum atomic E-state index is -4.17. The number of carbonyl (C=O) groups excluding carboxylic acids is 1. The normalized spacial score (nSPS) is 16.5. The maximum Gasteiger partial charge on any atom is 0.316 e. The van der Waals surface area contributed by atoms with Gasteiger partial charge in [0.15, 0.2) is 0 Å². The summed E-state index contributed by atoms with van der Waals surface area (Å²) in [7, 11) is -8.34. The van der Waals surface area contributed by atoms with Crippen LogP contribution in [0.1, 0.15) is 29.5 Å². The summed E-state index contributed by atoms with van der Waals surface area (Å²) in [5, 5.41) is 0. The van der Waals surface area contributed by atoms with Crippen molar-refractivity contribution in [2.75, 3.05) is 19.7 Å². The lowest BCUT2D eigenvalue weighted by atomic mass is 9.96. The van der Waals surface area contributed by atoms with Crippen molar-refractivity contribution in [1.82, 2.24) is 8.61 Å². The van der Waals surface area contributed by atoms with Gasteiger partial charge in [0.1, 0.15) is 12.1 Å². The van der Waals surface area contributed by atoms with Crippen LogP contribution in [0, 0.1) is 13.8 Å². The van der Waals surface area contributed by atoms with Gasteiger partial charge in [-0.1, -0.05) is 65.7 Å². The predicted octanol–water partition coefficient (Wildman–Crippen LogP) is 3.67. The molecule has 0 aliphatic carbocycles. The number of aryl methyl sites for hydroxylation is 2. The van der Waals surface area contributed by atoms with Gasteiger partial charge in [-0.05, 0) is 50.6 Å². The van der Waals surface area contributed by atoms with Gasteiger partial charge in [-0.15, -0.1) is 0 Å². The van der Waals surface area contributed by atoms with Gasteiger partial charge in [0, 0.05) is 13.1 Å². The largest absolute Gasteiger partial charge is 0.465 e.